The van der Waals surface area contributed by atoms with E-state index in [-0.39, 0.29) is 5.78 Å². The molecule has 0 aromatic heterocycles. The highest BCUT2D eigenvalue weighted by Crippen LogP contribution is 2.31. The summed E-state index contributed by atoms with van der Waals surface area (Å²) >= 11 is 0. The van der Waals surface area contributed by atoms with E-state index >= 15 is 0 Å². The van der Waals surface area contributed by atoms with Gasteiger partial charge in [0.25, 0.3) is 0 Å². The summed E-state index contributed by atoms with van der Waals surface area (Å²) < 4.78 is 0. The zero-order valence-corrected chi connectivity index (χ0v) is 19.1. The molecular weight excluding hydrogens is 398 g/mol. The SMILES string of the molecule is CC(C(=O)[O-])c1cccc(C(=O)c2ccccc2)c1[NH+](C1CCCCC1)C1CCCCC1. The van der Waals surface area contributed by atoms with E-state index in [1.807, 2.05) is 48.5 Å². The molecule has 4 rings (SSSR count). The molecule has 4 nitrogen and oxygen atoms in total. The molecule has 1 atom stereocenters. The van der Waals surface area contributed by atoms with Crippen LogP contribution in [0.15, 0.2) is 48.5 Å². The quantitative estimate of drug-likeness (QED) is 0.673. The average molecular weight is 434 g/mol. The van der Waals surface area contributed by atoms with Crippen LogP contribution in [0.3, 0.4) is 0 Å². The summed E-state index contributed by atoms with van der Waals surface area (Å²) in [6.07, 6.45) is 11.9. The van der Waals surface area contributed by atoms with Gasteiger partial charge in [-0.3, -0.25) is 9.69 Å². The van der Waals surface area contributed by atoms with Gasteiger partial charge in [-0.1, -0.05) is 62.2 Å². The standard InChI is InChI=1S/C28H35NO3/c1-20(28(31)32)24-18-11-19-25(27(30)21-12-5-2-6-13-21)26(24)29(22-14-7-3-8-15-22)23-16-9-4-10-17-23/h2,5-6,11-13,18-20,22-23H,3-4,7-10,14-17H2,1H3,(H,31,32). The maximum atomic E-state index is 13.7. The van der Waals surface area contributed by atoms with E-state index in [1.54, 1.807) is 6.92 Å². The van der Waals surface area contributed by atoms with E-state index in [0.29, 0.717) is 23.2 Å². The van der Waals surface area contributed by atoms with Crippen LogP contribution >= 0.6 is 0 Å². The first kappa shape index (κ1) is 22.7. The van der Waals surface area contributed by atoms with Gasteiger partial charge in [-0.2, -0.15) is 0 Å². The minimum absolute atomic E-state index is 0.0166. The number of carbonyl (C=O) groups is 2. The molecule has 32 heavy (non-hydrogen) atoms. The molecule has 2 aromatic carbocycles. The second-order valence-electron chi connectivity index (χ2n) is 9.63. The Morgan fingerprint density at radius 2 is 1.38 bits per heavy atom. The molecule has 0 spiro atoms. The Morgan fingerprint density at radius 1 is 0.812 bits per heavy atom. The van der Waals surface area contributed by atoms with Crippen LogP contribution in [-0.4, -0.2) is 23.8 Å². The normalized spacial score (nSPS) is 19.1. The van der Waals surface area contributed by atoms with Crippen molar-refractivity contribution in [2.75, 3.05) is 0 Å². The molecule has 2 aliphatic rings. The fourth-order valence-corrected chi connectivity index (χ4v) is 5.88. The molecule has 2 aliphatic carbocycles. The molecule has 1 N–H and O–H groups in total. The number of ketones is 1. The van der Waals surface area contributed by atoms with Crippen molar-refractivity contribution in [2.24, 2.45) is 0 Å². The second-order valence-corrected chi connectivity index (χ2v) is 9.63. The topological polar surface area (TPSA) is 61.6 Å². The number of benzene rings is 2. The Kier molecular flexibility index (Phi) is 7.41. The first-order valence-corrected chi connectivity index (χ1v) is 12.4. The van der Waals surface area contributed by atoms with Gasteiger partial charge in [0.05, 0.1) is 17.6 Å². The van der Waals surface area contributed by atoms with Gasteiger partial charge in [-0.25, -0.2) is 0 Å². The number of carboxylic acids is 1. The smallest absolute Gasteiger partial charge is 0.199 e. The molecular formula is C28H35NO3. The lowest BCUT2D eigenvalue weighted by molar-refractivity contribution is -0.890. The van der Waals surface area contributed by atoms with Crippen LogP contribution in [-0.2, 0) is 4.79 Å². The van der Waals surface area contributed by atoms with E-state index in [1.165, 1.54) is 43.4 Å². The number of carboxylic acid groups (broad SMARTS) is 1. The number of carbonyl (C=O) groups excluding carboxylic acids is 2. The van der Waals surface area contributed by atoms with Gasteiger partial charge in [-0.15, -0.1) is 0 Å². The van der Waals surface area contributed by atoms with Crippen LogP contribution in [0.1, 0.15) is 98.5 Å². The molecule has 4 heteroatoms. The van der Waals surface area contributed by atoms with Crippen LogP contribution in [0.25, 0.3) is 0 Å². The molecule has 0 saturated heterocycles. The Hall–Kier alpha value is -2.46. The zero-order valence-electron chi connectivity index (χ0n) is 19.1. The Morgan fingerprint density at radius 3 is 1.91 bits per heavy atom. The van der Waals surface area contributed by atoms with Gasteiger partial charge in [0, 0.05) is 23.0 Å². The number of aliphatic carboxylic acids is 1. The largest absolute Gasteiger partial charge is 0.550 e. The number of hydrogen-bond acceptors (Lipinski definition) is 3. The number of rotatable bonds is 7. The maximum Gasteiger partial charge on any atom is 0.199 e. The highest BCUT2D eigenvalue weighted by Gasteiger charge is 2.38. The fraction of sp³-hybridized carbons (Fsp3) is 0.500. The van der Waals surface area contributed by atoms with Gasteiger partial charge < -0.3 is 9.90 Å². The fourth-order valence-electron chi connectivity index (χ4n) is 5.88. The van der Waals surface area contributed by atoms with Crippen LogP contribution in [0.4, 0.5) is 5.69 Å². The van der Waals surface area contributed by atoms with Crippen molar-refractivity contribution >= 4 is 17.4 Å². The van der Waals surface area contributed by atoms with Crippen LogP contribution in [0.2, 0.25) is 0 Å². The maximum absolute atomic E-state index is 13.7. The first-order chi connectivity index (χ1) is 15.6. The number of hydrogen-bond donors (Lipinski definition) is 1. The lowest BCUT2D eigenvalue weighted by Gasteiger charge is -2.40. The summed E-state index contributed by atoms with van der Waals surface area (Å²) in [6.45, 7) is 1.70. The van der Waals surface area contributed by atoms with Crippen molar-refractivity contribution in [3.05, 3.63) is 65.2 Å². The molecule has 2 fully saturated rings. The summed E-state index contributed by atoms with van der Waals surface area (Å²) in [4.78, 5) is 27.0. The van der Waals surface area contributed by atoms with Crippen molar-refractivity contribution in [1.82, 2.24) is 0 Å². The van der Waals surface area contributed by atoms with E-state index in [4.69, 9.17) is 0 Å². The van der Waals surface area contributed by atoms with Gasteiger partial charge >= 0.3 is 0 Å². The summed E-state index contributed by atoms with van der Waals surface area (Å²) in [7, 11) is 0. The van der Waals surface area contributed by atoms with Crippen molar-refractivity contribution < 1.29 is 19.6 Å². The lowest BCUT2D eigenvalue weighted by atomic mass is 9.84. The highest BCUT2D eigenvalue weighted by atomic mass is 16.4. The first-order valence-electron chi connectivity index (χ1n) is 12.4. The predicted octanol–water partition coefficient (Wildman–Crippen LogP) is 3.95. The lowest BCUT2D eigenvalue weighted by Crippen LogP contribution is -3.15. The summed E-state index contributed by atoms with van der Waals surface area (Å²) in [5, 5.41) is 12.0. The average Bonchev–Trinajstić information content (AvgIpc) is 2.85. The predicted molar refractivity (Wildman–Crippen MR) is 124 cm³/mol. The third kappa shape index (κ3) is 4.80. The molecule has 2 aromatic rings. The third-order valence-electron chi connectivity index (χ3n) is 7.58. The van der Waals surface area contributed by atoms with E-state index in [9.17, 15) is 14.7 Å². The van der Waals surface area contributed by atoms with E-state index in [0.717, 1.165) is 36.9 Å². The molecule has 1 unspecified atom stereocenters. The third-order valence-corrected chi connectivity index (χ3v) is 7.58. The van der Waals surface area contributed by atoms with Gasteiger partial charge in [0.1, 0.15) is 5.69 Å². The summed E-state index contributed by atoms with van der Waals surface area (Å²) in [5.74, 6) is -1.85. The molecule has 170 valence electrons. The highest BCUT2D eigenvalue weighted by molar-refractivity contribution is 6.12. The summed E-state index contributed by atoms with van der Waals surface area (Å²) in [6, 6.07) is 15.9. The van der Waals surface area contributed by atoms with Crippen LogP contribution < -0.4 is 10.0 Å². The monoisotopic (exact) mass is 433 g/mol. The minimum Gasteiger partial charge on any atom is -0.550 e. The molecule has 0 amide bonds. The molecule has 2 saturated carbocycles. The van der Waals surface area contributed by atoms with E-state index in [2.05, 4.69) is 0 Å². The van der Waals surface area contributed by atoms with Crippen LogP contribution in [0.5, 0.6) is 0 Å². The van der Waals surface area contributed by atoms with Crippen molar-refractivity contribution in [3.63, 3.8) is 0 Å². The zero-order chi connectivity index (χ0) is 22.5. The van der Waals surface area contributed by atoms with Gasteiger partial charge in [0.2, 0.25) is 0 Å². The molecule has 0 aliphatic heterocycles. The Balaban J connectivity index is 1.88. The number of quaternary nitrogens is 1. The molecule has 0 heterocycles. The second kappa shape index (κ2) is 10.4. The van der Waals surface area contributed by atoms with Crippen LogP contribution in [0, 0.1) is 0 Å². The number of para-hydroxylation sites is 1. The summed E-state index contributed by atoms with van der Waals surface area (Å²) in [5.41, 5.74) is 2.99. The van der Waals surface area contributed by atoms with Crippen molar-refractivity contribution in [3.8, 4) is 0 Å². The Labute approximate surface area is 191 Å². The minimum atomic E-state index is -1.08. The van der Waals surface area contributed by atoms with E-state index < -0.39 is 11.9 Å². The molecule has 0 radical (unpaired) electrons. The Bertz CT molecular complexity index is 909. The van der Waals surface area contributed by atoms with Gasteiger partial charge in [-0.05, 0) is 57.4 Å². The van der Waals surface area contributed by atoms with Gasteiger partial charge in [0.15, 0.2) is 5.78 Å². The van der Waals surface area contributed by atoms with Crippen molar-refractivity contribution in [1.29, 1.82) is 0 Å². The molecule has 0 bridgehead atoms. The van der Waals surface area contributed by atoms with Crippen molar-refractivity contribution in [2.45, 2.75) is 89.1 Å². The number of nitrogens with one attached hydrogen (secondary N) is 1.